The number of nitrogens with zero attached hydrogens (tertiary/aromatic N) is 3. The molecule has 0 radical (unpaired) electrons. The van der Waals surface area contributed by atoms with E-state index in [9.17, 15) is 13.2 Å². The van der Waals surface area contributed by atoms with Gasteiger partial charge in [0, 0.05) is 30.3 Å². The number of hydrogen-bond acceptors (Lipinski definition) is 5. The van der Waals surface area contributed by atoms with Crippen LogP contribution in [0.1, 0.15) is 30.3 Å². The van der Waals surface area contributed by atoms with Gasteiger partial charge in [0.1, 0.15) is 22.4 Å². The molecule has 1 unspecified atom stereocenters. The number of nitrogens with one attached hydrogen (secondary N) is 1. The first-order chi connectivity index (χ1) is 15.1. The third-order valence-electron chi connectivity index (χ3n) is 4.09. The van der Waals surface area contributed by atoms with E-state index in [2.05, 4.69) is 32.1 Å². The second-order valence-corrected chi connectivity index (χ2v) is 7.52. The Bertz CT molecular complexity index is 1160. The van der Waals surface area contributed by atoms with Gasteiger partial charge in [-0.25, -0.2) is 15.0 Å². The van der Waals surface area contributed by atoms with Gasteiger partial charge >= 0.3 is 6.18 Å². The van der Waals surface area contributed by atoms with Gasteiger partial charge in [0.2, 0.25) is 5.88 Å². The van der Waals surface area contributed by atoms with Crippen molar-refractivity contribution in [3.63, 3.8) is 0 Å². The lowest BCUT2D eigenvalue weighted by Gasteiger charge is -2.13. The topological polar surface area (TPSA) is 59.9 Å². The number of ether oxygens (including phenoxy) is 1. The number of halogens is 5. The van der Waals surface area contributed by atoms with Crippen LogP contribution in [-0.4, -0.2) is 21.0 Å². The van der Waals surface area contributed by atoms with Gasteiger partial charge in [-0.05, 0) is 44.2 Å². The molecule has 1 aromatic carbocycles. The largest absolute Gasteiger partial charge is 0.439 e. The van der Waals surface area contributed by atoms with E-state index in [1.54, 1.807) is 31.2 Å². The lowest BCUT2D eigenvalue weighted by molar-refractivity contribution is -0.137. The van der Waals surface area contributed by atoms with Crippen LogP contribution in [0.2, 0.25) is 10.2 Å². The number of anilines is 1. The van der Waals surface area contributed by atoms with E-state index >= 15 is 0 Å². The summed E-state index contributed by atoms with van der Waals surface area (Å²) in [4.78, 5) is 12.0. The third-order valence-corrected chi connectivity index (χ3v) is 4.81. The normalized spacial score (nSPS) is 12.0. The molecule has 0 aliphatic heterocycles. The Morgan fingerprint density at radius 2 is 1.84 bits per heavy atom. The molecule has 0 saturated heterocycles. The average molecular weight is 481 g/mol. The molecule has 0 amide bonds. The third kappa shape index (κ3) is 6.49. The summed E-state index contributed by atoms with van der Waals surface area (Å²) in [6.45, 7) is 3.64. The molecule has 1 atom stereocenters. The fraction of sp³-hybridized carbons (Fsp3) is 0.227. The van der Waals surface area contributed by atoms with Crippen molar-refractivity contribution in [1.82, 2.24) is 15.0 Å². The van der Waals surface area contributed by atoms with Crippen molar-refractivity contribution in [3.8, 4) is 23.5 Å². The number of alkyl halides is 3. The fourth-order valence-electron chi connectivity index (χ4n) is 2.58. The molecule has 5 nitrogen and oxygen atoms in total. The lowest BCUT2D eigenvalue weighted by atomic mass is 10.2. The van der Waals surface area contributed by atoms with Crippen LogP contribution in [0.5, 0.6) is 11.6 Å². The summed E-state index contributed by atoms with van der Waals surface area (Å²) in [5.74, 6) is 7.23. The lowest BCUT2D eigenvalue weighted by Crippen LogP contribution is -2.16. The minimum absolute atomic E-state index is 0.0556. The Labute approximate surface area is 193 Å². The average Bonchev–Trinajstić information content (AvgIpc) is 2.72. The zero-order chi connectivity index (χ0) is 23.3. The first-order valence-electron chi connectivity index (χ1n) is 9.38. The maximum Gasteiger partial charge on any atom is 0.416 e. The minimum atomic E-state index is -4.46. The summed E-state index contributed by atoms with van der Waals surface area (Å²) in [6, 6.07) is 8.31. The van der Waals surface area contributed by atoms with E-state index in [0.29, 0.717) is 23.8 Å². The summed E-state index contributed by atoms with van der Waals surface area (Å²) in [7, 11) is 0. The molecular formula is C22H17Cl2F3N4O. The molecule has 32 heavy (non-hydrogen) atoms. The van der Waals surface area contributed by atoms with Gasteiger partial charge in [-0.1, -0.05) is 35.0 Å². The maximum absolute atomic E-state index is 12.8. The summed E-state index contributed by atoms with van der Waals surface area (Å²) < 4.78 is 43.8. The molecule has 1 N–H and O–H groups in total. The molecule has 3 aromatic rings. The van der Waals surface area contributed by atoms with Crippen molar-refractivity contribution in [2.75, 3.05) is 5.32 Å². The van der Waals surface area contributed by atoms with Crippen molar-refractivity contribution in [3.05, 3.63) is 69.7 Å². The van der Waals surface area contributed by atoms with Crippen LogP contribution in [0.15, 0.2) is 42.6 Å². The van der Waals surface area contributed by atoms with E-state index in [1.807, 2.05) is 6.92 Å². The highest BCUT2D eigenvalue weighted by Gasteiger charge is 2.31. The number of hydrogen-bond donors (Lipinski definition) is 1. The van der Waals surface area contributed by atoms with Gasteiger partial charge in [0.15, 0.2) is 5.15 Å². The predicted octanol–water partition coefficient (Wildman–Crippen LogP) is 6.54. The van der Waals surface area contributed by atoms with Crippen LogP contribution in [-0.2, 0) is 6.18 Å². The van der Waals surface area contributed by atoms with Crippen LogP contribution in [0.4, 0.5) is 19.0 Å². The molecule has 0 saturated carbocycles. The summed E-state index contributed by atoms with van der Waals surface area (Å²) in [5.41, 5.74) is -0.103. The van der Waals surface area contributed by atoms with Gasteiger partial charge < -0.3 is 10.1 Å². The fourth-order valence-corrected chi connectivity index (χ4v) is 2.93. The number of aryl methyl sites for hydroxylation is 1. The highest BCUT2D eigenvalue weighted by molar-refractivity contribution is 6.42. The van der Waals surface area contributed by atoms with E-state index < -0.39 is 11.7 Å². The van der Waals surface area contributed by atoms with Crippen molar-refractivity contribution >= 4 is 29.0 Å². The predicted molar refractivity (Wildman–Crippen MR) is 117 cm³/mol. The van der Waals surface area contributed by atoms with Crippen LogP contribution in [0.25, 0.3) is 0 Å². The Morgan fingerprint density at radius 3 is 2.53 bits per heavy atom. The summed E-state index contributed by atoms with van der Waals surface area (Å²) >= 11 is 12.1. The molecule has 0 spiro atoms. The standard InChI is InChI=1S/C22H17Cl2F3N4O/c1-13(29-21-19(23)20(24)30-14(2)31-21)4-3-5-15-6-8-17(9-7-15)32-18-12-16(10-11-28-18)22(25,26)27/h6-13H,4H2,1-2H3,(H,29,30,31). The van der Waals surface area contributed by atoms with Gasteiger partial charge in [0.05, 0.1) is 5.56 Å². The first kappa shape index (κ1) is 23.6. The number of pyridine rings is 1. The first-order valence-corrected chi connectivity index (χ1v) is 10.1. The van der Waals surface area contributed by atoms with Crippen LogP contribution >= 0.6 is 23.2 Å². The van der Waals surface area contributed by atoms with E-state index in [-0.39, 0.29) is 22.1 Å². The van der Waals surface area contributed by atoms with Crippen LogP contribution in [0.3, 0.4) is 0 Å². The van der Waals surface area contributed by atoms with Gasteiger partial charge in [-0.15, -0.1) is 0 Å². The molecule has 2 heterocycles. The molecule has 0 bridgehead atoms. The van der Waals surface area contributed by atoms with Crippen molar-refractivity contribution in [1.29, 1.82) is 0 Å². The van der Waals surface area contributed by atoms with Gasteiger partial charge in [-0.3, -0.25) is 0 Å². The smallest absolute Gasteiger partial charge is 0.416 e. The summed E-state index contributed by atoms with van der Waals surface area (Å²) in [5, 5.41) is 3.59. The number of rotatable bonds is 5. The second kappa shape index (κ2) is 10.1. The maximum atomic E-state index is 12.8. The Kier molecular flexibility index (Phi) is 7.44. The Balaban J connectivity index is 1.59. The Morgan fingerprint density at radius 1 is 1.12 bits per heavy atom. The molecule has 3 rings (SSSR count). The SMILES string of the molecule is Cc1nc(Cl)c(Cl)c(NC(C)CC#Cc2ccc(Oc3cc(C(F)(F)F)ccn3)cc2)n1. The molecule has 0 fully saturated rings. The zero-order valence-electron chi connectivity index (χ0n) is 17.0. The number of benzene rings is 1. The molecule has 0 aliphatic carbocycles. The highest BCUT2D eigenvalue weighted by Crippen LogP contribution is 2.31. The van der Waals surface area contributed by atoms with Crippen LogP contribution < -0.4 is 10.1 Å². The van der Waals surface area contributed by atoms with Crippen molar-refractivity contribution in [2.45, 2.75) is 32.5 Å². The molecule has 2 aromatic heterocycles. The molecule has 0 aliphatic rings. The quantitative estimate of drug-likeness (QED) is 0.331. The summed E-state index contributed by atoms with van der Waals surface area (Å²) in [6.07, 6.45) is -2.91. The van der Waals surface area contributed by atoms with Crippen molar-refractivity contribution in [2.24, 2.45) is 0 Å². The molecule has 166 valence electrons. The van der Waals surface area contributed by atoms with Crippen molar-refractivity contribution < 1.29 is 17.9 Å². The Hall–Kier alpha value is -3.02. The second-order valence-electron chi connectivity index (χ2n) is 6.78. The molecular weight excluding hydrogens is 464 g/mol. The van der Waals surface area contributed by atoms with Crippen LogP contribution in [0, 0.1) is 18.8 Å². The number of aromatic nitrogens is 3. The van der Waals surface area contributed by atoms with Gasteiger partial charge in [-0.2, -0.15) is 13.2 Å². The van der Waals surface area contributed by atoms with E-state index in [4.69, 9.17) is 27.9 Å². The molecule has 10 heteroatoms. The monoisotopic (exact) mass is 480 g/mol. The minimum Gasteiger partial charge on any atom is -0.439 e. The zero-order valence-corrected chi connectivity index (χ0v) is 18.5. The van der Waals surface area contributed by atoms with E-state index in [0.717, 1.165) is 23.9 Å². The highest BCUT2D eigenvalue weighted by atomic mass is 35.5. The van der Waals surface area contributed by atoms with E-state index in [1.165, 1.54) is 0 Å². The van der Waals surface area contributed by atoms with Gasteiger partial charge in [0.25, 0.3) is 0 Å².